The van der Waals surface area contributed by atoms with Gasteiger partial charge in [0.15, 0.2) is 0 Å². The fourth-order valence-corrected chi connectivity index (χ4v) is 4.33. The van der Waals surface area contributed by atoms with Crippen molar-refractivity contribution in [1.29, 1.82) is 5.26 Å². The van der Waals surface area contributed by atoms with E-state index in [4.69, 9.17) is 25.1 Å². The highest BCUT2D eigenvalue weighted by Crippen LogP contribution is 2.33. The normalized spacial score (nSPS) is 18.4. The molecule has 0 saturated carbocycles. The van der Waals surface area contributed by atoms with Gasteiger partial charge in [0.05, 0.1) is 6.07 Å². The number of rotatable bonds is 3. The van der Waals surface area contributed by atoms with E-state index in [1.165, 1.54) is 4.88 Å². The zero-order valence-electron chi connectivity index (χ0n) is 19.0. The number of thiophene rings is 1. The lowest BCUT2D eigenvalue weighted by molar-refractivity contribution is -0.193. The van der Waals surface area contributed by atoms with Gasteiger partial charge in [0.1, 0.15) is 12.1 Å². The summed E-state index contributed by atoms with van der Waals surface area (Å²) in [5.41, 5.74) is -0.388. The largest absolute Gasteiger partial charge is 0.490 e. The monoisotopic (exact) mass is 546 g/mol. The maximum atomic E-state index is 12.8. The number of carbonyl (C=O) groups is 3. The van der Waals surface area contributed by atoms with Crippen molar-refractivity contribution < 1.29 is 50.9 Å². The van der Waals surface area contributed by atoms with Crippen molar-refractivity contribution in [2.75, 3.05) is 39.8 Å². The van der Waals surface area contributed by atoms with Crippen molar-refractivity contribution in [2.45, 2.75) is 37.3 Å². The van der Waals surface area contributed by atoms with Crippen LogP contribution in [0, 0.1) is 11.3 Å². The molecule has 0 unspecified atom stereocenters. The third-order valence-corrected chi connectivity index (χ3v) is 6.37. The molecule has 9 nitrogen and oxygen atoms in total. The highest BCUT2D eigenvalue weighted by molar-refractivity contribution is 7.09. The summed E-state index contributed by atoms with van der Waals surface area (Å²) in [6.07, 6.45) is -8.45. The van der Waals surface area contributed by atoms with Gasteiger partial charge in [0.2, 0.25) is 5.91 Å². The van der Waals surface area contributed by atoms with Crippen LogP contribution in [0.15, 0.2) is 17.5 Å². The number of alkyl halides is 6. The van der Waals surface area contributed by atoms with Gasteiger partial charge in [-0.05, 0) is 31.3 Å². The number of aliphatic carboxylic acids is 2. The van der Waals surface area contributed by atoms with Crippen molar-refractivity contribution in [1.82, 2.24) is 14.7 Å². The van der Waals surface area contributed by atoms with Crippen molar-refractivity contribution in [3.63, 3.8) is 0 Å². The number of nitriles is 1. The number of carboxylic acids is 2. The Labute approximate surface area is 206 Å². The zero-order chi connectivity index (χ0) is 27.7. The number of hydrogen-bond donors (Lipinski definition) is 2. The molecule has 0 atom stereocenters. The van der Waals surface area contributed by atoms with Crippen molar-refractivity contribution >= 4 is 29.2 Å². The van der Waals surface area contributed by atoms with Crippen LogP contribution in [0.3, 0.4) is 0 Å². The molecule has 1 spiro atoms. The molecule has 36 heavy (non-hydrogen) atoms. The smallest absolute Gasteiger partial charge is 0.475 e. The van der Waals surface area contributed by atoms with E-state index in [9.17, 15) is 31.1 Å². The average molecular weight is 546 g/mol. The van der Waals surface area contributed by atoms with Gasteiger partial charge in [-0.15, -0.1) is 11.3 Å². The Morgan fingerprint density at radius 3 is 1.94 bits per heavy atom. The summed E-state index contributed by atoms with van der Waals surface area (Å²) in [4.78, 5) is 38.4. The van der Waals surface area contributed by atoms with Crippen LogP contribution in [0.1, 0.15) is 17.7 Å². The number of likely N-dealkylation sites (tertiary alicyclic amines) is 1. The predicted molar refractivity (Wildman–Crippen MR) is 114 cm³/mol. The number of likely N-dealkylation sites (N-methyl/N-ethyl adjacent to an activating group) is 1. The molecule has 2 N–H and O–H groups in total. The van der Waals surface area contributed by atoms with E-state index in [0.29, 0.717) is 6.54 Å². The number of piperidine rings is 1. The fourth-order valence-electron chi connectivity index (χ4n) is 3.58. The summed E-state index contributed by atoms with van der Waals surface area (Å²) in [5.74, 6) is -5.36. The first-order valence-electron chi connectivity index (χ1n) is 10.3. The van der Waals surface area contributed by atoms with Crippen molar-refractivity contribution in [2.24, 2.45) is 0 Å². The van der Waals surface area contributed by atoms with Crippen molar-refractivity contribution in [3.05, 3.63) is 22.4 Å². The van der Waals surface area contributed by atoms with Gasteiger partial charge in [0, 0.05) is 37.6 Å². The number of piperazine rings is 1. The molecule has 16 heteroatoms. The number of carbonyl (C=O) groups excluding carboxylic acids is 1. The van der Waals surface area contributed by atoms with Gasteiger partial charge in [0.25, 0.3) is 0 Å². The number of nitrogens with zero attached hydrogens (tertiary/aromatic N) is 4. The van der Waals surface area contributed by atoms with E-state index in [1.54, 1.807) is 16.2 Å². The summed E-state index contributed by atoms with van der Waals surface area (Å²) in [6.45, 7) is 4.60. The van der Waals surface area contributed by atoms with E-state index in [2.05, 4.69) is 40.4 Å². The lowest BCUT2D eigenvalue weighted by Crippen LogP contribution is -2.67. The predicted octanol–water partition coefficient (Wildman–Crippen LogP) is 2.65. The van der Waals surface area contributed by atoms with E-state index < -0.39 is 24.3 Å². The summed E-state index contributed by atoms with van der Waals surface area (Å²) in [5, 5.41) is 25.3. The molecule has 3 heterocycles. The van der Waals surface area contributed by atoms with E-state index >= 15 is 0 Å². The van der Waals surface area contributed by atoms with Crippen LogP contribution < -0.4 is 0 Å². The summed E-state index contributed by atoms with van der Waals surface area (Å²) in [7, 11) is 2.05. The van der Waals surface area contributed by atoms with E-state index in [1.807, 2.05) is 0 Å². The van der Waals surface area contributed by atoms with Gasteiger partial charge in [-0.1, -0.05) is 6.07 Å². The molecule has 2 aliphatic rings. The van der Waals surface area contributed by atoms with Crippen LogP contribution in [0.4, 0.5) is 26.3 Å². The van der Waals surface area contributed by atoms with Gasteiger partial charge in [-0.2, -0.15) is 31.6 Å². The Morgan fingerprint density at radius 1 is 1.06 bits per heavy atom. The van der Waals surface area contributed by atoms with Gasteiger partial charge in [-0.25, -0.2) is 9.59 Å². The first kappa shape index (κ1) is 31.1. The second-order valence-electron chi connectivity index (χ2n) is 7.80. The van der Waals surface area contributed by atoms with Crippen LogP contribution >= 0.6 is 11.3 Å². The van der Waals surface area contributed by atoms with Crippen LogP contribution in [-0.2, 0) is 20.9 Å². The maximum Gasteiger partial charge on any atom is 0.490 e. The molecule has 3 rings (SSSR count). The Kier molecular flexibility index (Phi) is 11.1. The summed E-state index contributed by atoms with van der Waals surface area (Å²) in [6, 6.07) is 6.38. The molecule has 1 aromatic heterocycles. The number of amides is 1. The molecule has 1 amide bonds. The molecular weight excluding hydrogens is 522 g/mol. The van der Waals surface area contributed by atoms with E-state index in [-0.39, 0.29) is 18.0 Å². The molecule has 2 fully saturated rings. The SMILES string of the molecule is CN1CCN(CC#N)C(=O)C12CCN(Cc1cccs1)CC2.O=C(O)C(F)(F)F.O=C(O)C(F)(F)F. The average Bonchev–Trinajstić information content (AvgIpc) is 3.28. The van der Waals surface area contributed by atoms with Crippen LogP contribution in [0.25, 0.3) is 0 Å². The third kappa shape index (κ3) is 8.95. The molecule has 202 valence electrons. The van der Waals surface area contributed by atoms with Crippen LogP contribution in [0.2, 0.25) is 0 Å². The third-order valence-electron chi connectivity index (χ3n) is 5.51. The Bertz CT molecular complexity index is 901. The molecule has 1 aromatic rings. The van der Waals surface area contributed by atoms with Crippen LogP contribution in [0.5, 0.6) is 0 Å². The molecule has 0 aliphatic carbocycles. The molecule has 0 radical (unpaired) electrons. The maximum absolute atomic E-state index is 12.8. The Balaban J connectivity index is 0.000000383. The minimum Gasteiger partial charge on any atom is -0.475 e. The zero-order valence-corrected chi connectivity index (χ0v) is 19.8. The minimum atomic E-state index is -5.08. The number of carboxylic acid groups (broad SMARTS) is 2. The van der Waals surface area contributed by atoms with Gasteiger partial charge < -0.3 is 15.1 Å². The number of hydrogen-bond acceptors (Lipinski definition) is 7. The summed E-state index contributed by atoms with van der Waals surface area (Å²) < 4.78 is 63.5. The van der Waals surface area contributed by atoms with Crippen LogP contribution in [-0.4, -0.2) is 100 Å². The first-order chi connectivity index (χ1) is 16.5. The van der Waals surface area contributed by atoms with E-state index in [0.717, 1.165) is 39.0 Å². The topological polar surface area (TPSA) is 125 Å². The minimum absolute atomic E-state index is 0.151. The Morgan fingerprint density at radius 2 is 1.56 bits per heavy atom. The highest BCUT2D eigenvalue weighted by Gasteiger charge is 2.49. The lowest BCUT2D eigenvalue weighted by atomic mass is 9.82. The lowest BCUT2D eigenvalue weighted by Gasteiger charge is -2.51. The standard InChI is InChI=1S/C16H22N4OS.2C2HF3O2/c1-18-10-11-20(9-6-17)15(21)16(18)4-7-19(8-5-16)13-14-3-2-12-22-14;2*3-2(4,5)1(6)7/h2-3,12H,4-5,7-11,13H2,1H3;2*(H,6,7). The molecule has 2 aliphatic heterocycles. The fraction of sp³-hybridized carbons (Fsp3) is 0.600. The van der Waals surface area contributed by atoms with Gasteiger partial charge in [-0.3, -0.25) is 14.6 Å². The first-order valence-corrected chi connectivity index (χ1v) is 11.1. The second kappa shape index (κ2) is 12.9. The highest BCUT2D eigenvalue weighted by atomic mass is 32.1. The quantitative estimate of drug-likeness (QED) is 0.438. The molecule has 0 bridgehead atoms. The molecular formula is C20H24F6N4O5S. The Hall–Kier alpha value is -2.90. The second-order valence-corrected chi connectivity index (χ2v) is 8.83. The van der Waals surface area contributed by atoms with Gasteiger partial charge >= 0.3 is 24.3 Å². The summed E-state index contributed by atoms with van der Waals surface area (Å²) >= 11 is 1.79. The number of halogens is 6. The van der Waals surface area contributed by atoms with Crippen molar-refractivity contribution in [3.8, 4) is 6.07 Å². The molecule has 2 saturated heterocycles. The molecule has 0 aromatic carbocycles.